The molecule has 2 aliphatic rings. The zero-order chi connectivity index (χ0) is 9.31. The van der Waals surface area contributed by atoms with Gasteiger partial charge in [0.05, 0.1) is 11.5 Å². The number of hydrogen-bond acceptors (Lipinski definition) is 3. The average Bonchev–Trinajstić information content (AvgIpc) is 2.54. The van der Waals surface area contributed by atoms with E-state index in [4.69, 9.17) is 5.11 Å². The maximum absolute atomic E-state index is 10.7. The zero-order valence-corrected chi connectivity index (χ0v) is 7.42. The van der Waals surface area contributed by atoms with E-state index in [-0.39, 0.29) is 11.5 Å². The summed E-state index contributed by atoms with van der Waals surface area (Å²) >= 11 is 0. The Kier molecular flexibility index (Phi) is 2.00. The standard InChI is InChI=1S/C9H14N2O2/c12-8(13)7-1-3-9(4-2-7)5-6-10-11-9/h5-7,10-11H,1-4H2,(H,12,13). The van der Waals surface area contributed by atoms with E-state index in [9.17, 15) is 4.79 Å². The van der Waals surface area contributed by atoms with Gasteiger partial charge in [0.25, 0.3) is 0 Å². The van der Waals surface area contributed by atoms with Crippen molar-refractivity contribution in [2.45, 2.75) is 31.2 Å². The summed E-state index contributed by atoms with van der Waals surface area (Å²) in [5, 5.41) is 8.82. The number of nitrogens with one attached hydrogen (secondary N) is 2. The molecule has 1 aliphatic heterocycles. The van der Waals surface area contributed by atoms with Crippen LogP contribution in [-0.2, 0) is 4.79 Å². The summed E-state index contributed by atoms with van der Waals surface area (Å²) in [4.78, 5) is 10.7. The van der Waals surface area contributed by atoms with Crippen molar-refractivity contribution < 1.29 is 9.90 Å². The second kappa shape index (κ2) is 3.03. The van der Waals surface area contributed by atoms with Gasteiger partial charge < -0.3 is 10.5 Å². The highest BCUT2D eigenvalue weighted by Gasteiger charge is 2.36. The lowest BCUT2D eigenvalue weighted by Gasteiger charge is -2.34. The second-order valence-electron chi connectivity index (χ2n) is 3.87. The van der Waals surface area contributed by atoms with Gasteiger partial charge in [-0.15, -0.1) is 0 Å². The van der Waals surface area contributed by atoms with Gasteiger partial charge in [0.15, 0.2) is 0 Å². The summed E-state index contributed by atoms with van der Waals surface area (Å²) in [7, 11) is 0. The van der Waals surface area contributed by atoms with Crippen LogP contribution in [0.5, 0.6) is 0 Å². The largest absolute Gasteiger partial charge is 0.481 e. The normalized spacial score (nSPS) is 37.7. The number of carbonyl (C=O) groups is 1. The van der Waals surface area contributed by atoms with E-state index in [1.54, 1.807) is 0 Å². The zero-order valence-electron chi connectivity index (χ0n) is 7.42. The summed E-state index contributed by atoms with van der Waals surface area (Å²) in [6, 6.07) is 0. The summed E-state index contributed by atoms with van der Waals surface area (Å²) < 4.78 is 0. The minimum Gasteiger partial charge on any atom is -0.481 e. The van der Waals surface area contributed by atoms with Crippen LogP contribution in [0.25, 0.3) is 0 Å². The molecule has 0 bridgehead atoms. The van der Waals surface area contributed by atoms with Gasteiger partial charge in [0, 0.05) is 6.20 Å². The molecule has 1 saturated carbocycles. The van der Waals surface area contributed by atoms with Gasteiger partial charge in [-0.2, -0.15) is 0 Å². The predicted molar refractivity (Wildman–Crippen MR) is 47.7 cm³/mol. The van der Waals surface area contributed by atoms with Gasteiger partial charge in [0.2, 0.25) is 0 Å². The Morgan fingerprint density at radius 2 is 2.15 bits per heavy atom. The molecule has 0 unspecified atom stereocenters. The molecule has 0 radical (unpaired) electrons. The van der Waals surface area contributed by atoms with Crippen LogP contribution in [0.15, 0.2) is 12.3 Å². The molecule has 3 N–H and O–H groups in total. The number of carboxylic acids is 1. The van der Waals surface area contributed by atoms with Crippen molar-refractivity contribution in [1.29, 1.82) is 0 Å². The first-order chi connectivity index (χ1) is 6.22. The summed E-state index contributed by atoms with van der Waals surface area (Å²) in [5.41, 5.74) is 6.16. The maximum Gasteiger partial charge on any atom is 0.306 e. The Bertz CT molecular complexity index is 242. The fourth-order valence-corrected chi connectivity index (χ4v) is 2.10. The molecule has 13 heavy (non-hydrogen) atoms. The van der Waals surface area contributed by atoms with Gasteiger partial charge in [-0.25, -0.2) is 5.43 Å². The summed E-state index contributed by atoms with van der Waals surface area (Å²) in [5.74, 6) is -0.786. The molecule has 0 aromatic rings. The molecule has 1 heterocycles. The fourth-order valence-electron chi connectivity index (χ4n) is 2.10. The van der Waals surface area contributed by atoms with E-state index >= 15 is 0 Å². The molecule has 0 atom stereocenters. The Labute approximate surface area is 77.0 Å². The van der Waals surface area contributed by atoms with Crippen LogP contribution in [0.4, 0.5) is 0 Å². The molecule has 1 spiro atoms. The van der Waals surface area contributed by atoms with Crippen molar-refractivity contribution in [3.63, 3.8) is 0 Å². The number of rotatable bonds is 1. The Morgan fingerprint density at radius 3 is 2.62 bits per heavy atom. The third-order valence-electron chi connectivity index (χ3n) is 3.03. The molecule has 2 rings (SSSR count). The van der Waals surface area contributed by atoms with Crippen LogP contribution in [0.1, 0.15) is 25.7 Å². The van der Waals surface area contributed by atoms with Crippen molar-refractivity contribution in [2.75, 3.05) is 0 Å². The monoisotopic (exact) mass is 182 g/mol. The first-order valence-corrected chi connectivity index (χ1v) is 4.65. The molecule has 0 aromatic heterocycles. The molecular formula is C9H14N2O2. The van der Waals surface area contributed by atoms with Crippen LogP contribution < -0.4 is 10.9 Å². The van der Waals surface area contributed by atoms with Crippen molar-refractivity contribution in [3.05, 3.63) is 12.3 Å². The van der Waals surface area contributed by atoms with Crippen molar-refractivity contribution in [1.82, 2.24) is 10.9 Å². The minimum absolute atomic E-state index is 0.0337. The van der Waals surface area contributed by atoms with Crippen LogP contribution in [0, 0.1) is 5.92 Å². The number of carboxylic acid groups (broad SMARTS) is 1. The molecule has 0 aromatic carbocycles. The lowest BCUT2D eigenvalue weighted by molar-refractivity contribution is -0.143. The molecule has 0 amide bonds. The van der Waals surface area contributed by atoms with Gasteiger partial charge in [0.1, 0.15) is 0 Å². The topological polar surface area (TPSA) is 61.4 Å². The Morgan fingerprint density at radius 1 is 1.46 bits per heavy atom. The van der Waals surface area contributed by atoms with E-state index in [0.29, 0.717) is 0 Å². The predicted octanol–water partition coefficient (Wildman–Crippen LogP) is 0.622. The first-order valence-electron chi connectivity index (χ1n) is 4.65. The van der Waals surface area contributed by atoms with E-state index in [1.807, 2.05) is 6.20 Å². The Balaban J connectivity index is 1.96. The van der Waals surface area contributed by atoms with E-state index in [1.165, 1.54) is 0 Å². The fraction of sp³-hybridized carbons (Fsp3) is 0.667. The number of aliphatic carboxylic acids is 1. The molecule has 4 nitrogen and oxygen atoms in total. The highest BCUT2D eigenvalue weighted by Crippen LogP contribution is 2.33. The van der Waals surface area contributed by atoms with Crippen molar-refractivity contribution in [3.8, 4) is 0 Å². The smallest absolute Gasteiger partial charge is 0.306 e. The highest BCUT2D eigenvalue weighted by molar-refractivity contribution is 5.70. The van der Waals surface area contributed by atoms with E-state index < -0.39 is 5.97 Å². The third kappa shape index (κ3) is 1.54. The average molecular weight is 182 g/mol. The van der Waals surface area contributed by atoms with Gasteiger partial charge in [-0.1, -0.05) is 0 Å². The van der Waals surface area contributed by atoms with Crippen LogP contribution >= 0.6 is 0 Å². The number of hydrazine groups is 1. The van der Waals surface area contributed by atoms with E-state index in [0.717, 1.165) is 25.7 Å². The van der Waals surface area contributed by atoms with Crippen LogP contribution in [0.3, 0.4) is 0 Å². The van der Waals surface area contributed by atoms with Crippen molar-refractivity contribution in [2.24, 2.45) is 5.92 Å². The molecule has 72 valence electrons. The van der Waals surface area contributed by atoms with Crippen molar-refractivity contribution >= 4 is 5.97 Å². The minimum atomic E-state index is -0.648. The van der Waals surface area contributed by atoms with Crippen LogP contribution in [0.2, 0.25) is 0 Å². The summed E-state index contributed by atoms with van der Waals surface area (Å²) in [6.07, 6.45) is 7.36. The first kappa shape index (κ1) is 8.56. The lowest BCUT2D eigenvalue weighted by atomic mass is 9.77. The molecule has 0 saturated heterocycles. The molecule has 4 heteroatoms. The van der Waals surface area contributed by atoms with Gasteiger partial charge in [-0.3, -0.25) is 4.79 Å². The second-order valence-corrected chi connectivity index (χ2v) is 3.87. The maximum atomic E-state index is 10.7. The SMILES string of the molecule is O=C(O)C1CCC2(C=CNN2)CC1. The van der Waals surface area contributed by atoms with Gasteiger partial charge >= 0.3 is 5.97 Å². The highest BCUT2D eigenvalue weighted by atomic mass is 16.4. The van der Waals surface area contributed by atoms with E-state index in [2.05, 4.69) is 16.9 Å². The summed E-state index contributed by atoms with van der Waals surface area (Å²) in [6.45, 7) is 0. The molecule has 1 aliphatic carbocycles. The van der Waals surface area contributed by atoms with Crippen LogP contribution in [-0.4, -0.2) is 16.6 Å². The lowest BCUT2D eigenvalue weighted by Crippen LogP contribution is -2.47. The van der Waals surface area contributed by atoms with Gasteiger partial charge in [-0.05, 0) is 31.8 Å². The number of hydrogen-bond donors (Lipinski definition) is 3. The molecular weight excluding hydrogens is 168 g/mol. The third-order valence-corrected chi connectivity index (χ3v) is 3.03. The molecule has 1 fully saturated rings. The quantitative estimate of drug-likeness (QED) is 0.556. The Hall–Kier alpha value is -1.03.